The Bertz CT molecular complexity index is 1120. The van der Waals surface area contributed by atoms with E-state index in [2.05, 4.69) is 93.4 Å². The average Bonchev–Trinajstić information content (AvgIpc) is 3.06. The van der Waals surface area contributed by atoms with Crippen molar-refractivity contribution in [2.45, 2.75) is 59.0 Å². The standard InChI is InChI=1S/C27H31NO/c1-19(2)9-7-10-20(3)11-8-17-27(4)18-16-23-25(29-27)15-14-22-21-12-5-6-13-24(21)28-26(22)23/h5-6,9,11-16,18,28H,7-8,10,17H2,1-4H3. The molecule has 2 aromatic carbocycles. The van der Waals surface area contributed by atoms with Gasteiger partial charge in [-0.25, -0.2) is 0 Å². The van der Waals surface area contributed by atoms with E-state index in [4.69, 9.17) is 4.74 Å². The van der Waals surface area contributed by atoms with Crippen molar-refractivity contribution in [1.82, 2.24) is 4.98 Å². The van der Waals surface area contributed by atoms with Gasteiger partial charge in [0.1, 0.15) is 11.4 Å². The molecule has 2 heteroatoms. The van der Waals surface area contributed by atoms with Gasteiger partial charge in [0.05, 0.1) is 5.52 Å². The topological polar surface area (TPSA) is 25.0 Å². The number of benzene rings is 2. The van der Waals surface area contributed by atoms with Crippen molar-refractivity contribution in [2.75, 3.05) is 0 Å². The molecule has 2 heterocycles. The lowest BCUT2D eigenvalue weighted by molar-refractivity contribution is 0.129. The van der Waals surface area contributed by atoms with Crippen molar-refractivity contribution in [2.24, 2.45) is 0 Å². The molecular weight excluding hydrogens is 354 g/mol. The van der Waals surface area contributed by atoms with E-state index in [0.29, 0.717) is 0 Å². The van der Waals surface area contributed by atoms with Gasteiger partial charge >= 0.3 is 0 Å². The Morgan fingerprint density at radius 1 is 1.00 bits per heavy atom. The number of aromatic amines is 1. The average molecular weight is 386 g/mol. The second-order valence-electron chi connectivity index (χ2n) is 8.73. The smallest absolute Gasteiger partial charge is 0.129 e. The second kappa shape index (κ2) is 7.94. The lowest BCUT2D eigenvalue weighted by atomic mass is 9.93. The number of nitrogens with one attached hydrogen (secondary N) is 1. The Balaban J connectivity index is 1.49. The van der Waals surface area contributed by atoms with Crippen LogP contribution in [0.4, 0.5) is 0 Å². The summed E-state index contributed by atoms with van der Waals surface area (Å²) >= 11 is 0. The van der Waals surface area contributed by atoms with Crippen LogP contribution < -0.4 is 4.74 Å². The summed E-state index contributed by atoms with van der Waals surface area (Å²) in [4.78, 5) is 3.57. The van der Waals surface area contributed by atoms with Gasteiger partial charge in [-0.05, 0) is 83.7 Å². The highest BCUT2D eigenvalue weighted by Crippen LogP contribution is 2.39. The van der Waals surface area contributed by atoms with Crippen molar-refractivity contribution >= 4 is 27.9 Å². The van der Waals surface area contributed by atoms with Crippen LogP contribution >= 0.6 is 0 Å². The highest BCUT2D eigenvalue weighted by Gasteiger charge is 2.28. The van der Waals surface area contributed by atoms with Crippen LogP contribution in [0.5, 0.6) is 5.75 Å². The van der Waals surface area contributed by atoms with Crippen LogP contribution in [0.1, 0.15) is 58.9 Å². The summed E-state index contributed by atoms with van der Waals surface area (Å²) in [5.41, 5.74) is 6.09. The predicted octanol–water partition coefficient (Wildman–Crippen LogP) is 7.96. The monoisotopic (exact) mass is 385 g/mol. The molecule has 3 aromatic rings. The third-order valence-electron chi connectivity index (χ3n) is 5.85. The summed E-state index contributed by atoms with van der Waals surface area (Å²) < 4.78 is 6.47. The maximum Gasteiger partial charge on any atom is 0.129 e. The molecule has 1 aromatic heterocycles. The van der Waals surface area contributed by atoms with E-state index in [1.165, 1.54) is 27.4 Å². The highest BCUT2D eigenvalue weighted by atomic mass is 16.5. The Morgan fingerprint density at radius 3 is 2.66 bits per heavy atom. The van der Waals surface area contributed by atoms with Gasteiger partial charge in [0.25, 0.3) is 0 Å². The largest absolute Gasteiger partial charge is 0.483 e. The van der Waals surface area contributed by atoms with E-state index in [0.717, 1.165) is 42.5 Å². The molecular formula is C27H31NO. The molecule has 0 radical (unpaired) electrons. The van der Waals surface area contributed by atoms with E-state index >= 15 is 0 Å². The fourth-order valence-electron chi connectivity index (χ4n) is 4.15. The van der Waals surface area contributed by atoms with E-state index in [9.17, 15) is 0 Å². The van der Waals surface area contributed by atoms with E-state index in [1.807, 2.05) is 0 Å². The number of rotatable bonds is 6. The van der Waals surface area contributed by atoms with Gasteiger partial charge in [-0.15, -0.1) is 0 Å². The molecule has 1 aliphatic heterocycles. The zero-order valence-corrected chi connectivity index (χ0v) is 18.0. The molecule has 150 valence electrons. The van der Waals surface area contributed by atoms with Gasteiger partial charge in [0.15, 0.2) is 0 Å². The number of allylic oxidation sites excluding steroid dienone is 4. The predicted molar refractivity (Wildman–Crippen MR) is 126 cm³/mol. The fraction of sp³-hybridized carbons (Fsp3) is 0.333. The SMILES string of the molecule is CC(C)=CCCC(C)=CCCC1(C)C=Cc2c(ccc3c2[nH]c2ccccc23)O1. The highest BCUT2D eigenvalue weighted by molar-refractivity contribution is 6.10. The molecule has 1 atom stereocenters. The van der Waals surface area contributed by atoms with Crippen LogP contribution in [0.15, 0.2) is 65.8 Å². The molecule has 0 amide bonds. The van der Waals surface area contributed by atoms with Crippen molar-refractivity contribution in [3.63, 3.8) is 0 Å². The number of para-hydroxylation sites is 1. The maximum atomic E-state index is 6.47. The van der Waals surface area contributed by atoms with Gasteiger partial charge in [-0.1, -0.05) is 41.5 Å². The van der Waals surface area contributed by atoms with Crippen LogP contribution in [0.2, 0.25) is 0 Å². The van der Waals surface area contributed by atoms with Crippen molar-refractivity contribution in [3.05, 3.63) is 71.3 Å². The molecule has 0 spiro atoms. The minimum Gasteiger partial charge on any atom is -0.483 e. The number of H-pyrrole nitrogens is 1. The lowest BCUT2D eigenvalue weighted by Crippen LogP contribution is -2.31. The summed E-state index contributed by atoms with van der Waals surface area (Å²) in [6.45, 7) is 8.75. The fourth-order valence-corrected chi connectivity index (χ4v) is 4.15. The number of hydrogen-bond acceptors (Lipinski definition) is 1. The van der Waals surface area contributed by atoms with Crippen LogP contribution in [-0.4, -0.2) is 10.6 Å². The van der Waals surface area contributed by atoms with Gasteiger partial charge in [0.2, 0.25) is 0 Å². The number of fused-ring (bicyclic) bond motifs is 5. The van der Waals surface area contributed by atoms with Gasteiger partial charge in [0, 0.05) is 21.9 Å². The molecule has 0 saturated heterocycles. The summed E-state index contributed by atoms with van der Waals surface area (Å²) in [5.74, 6) is 0.971. The molecule has 0 aliphatic carbocycles. The van der Waals surface area contributed by atoms with Gasteiger partial charge in [-0.2, -0.15) is 0 Å². The van der Waals surface area contributed by atoms with Gasteiger partial charge < -0.3 is 9.72 Å². The Labute approximate surface area is 174 Å². The molecule has 0 bridgehead atoms. The second-order valence-corrected chi connectivity index (χ2v) is 8.73. The normalized spacial score (nSPS) is 18.7. The first-order valence-electron chi connectivity index (χ1n) is 10.7. The Morgan fingerprint density at radius 2 is 1.83 bits per heavy atom. The number of aromatic nitrogens is 1. The van der Waals surface area contributed by atoms with Crippen LogP contribution in [0.3, 0.4) is 0 Å². The van der Waals surface area contributed by atoms with Crippen LogP contribution in [0, 0.1) is 0 Å². The van der Waals surface area contributed by atoms with Crippen LogP contribution in [-0.2, 0) is 0 Å². The quantitative estimate of drug-likeness (QED) is 0.428. The summed E-state index contributed by atoms with van der Waals surface area (Å²) in [6, 6.07) is 12.8. The zero-order chi connectivity index (χ0) is 20.4. The summed E-state index contributed by atoms with van der Waals surface area (Å²) in [6.07, 6.45) is 13.4. The van der Waals surface area contributed by atoms with E-state index < -0.39 is 0 Å². The van der Waals surface area contributed by atoms with Crippen molar-refractivity contribution in [3.8, 4) is 5.75 Å². The summed E-state index contributed by atoms with van der Waals surface area (Å²) in [7, 11) is 0. The first kappa shape index (κ1) is 19.6. The maximum absolute atomic E-state index is 6.47. The molecule has 0 saturated carbocycles. The van der Waals surface area contributed by atoms with E-state index in [1.54, 1.807) is 0 Å². The number of ether oxygens (including phenoxy) is 1. The minimum atomic E-state index is -0.261. The zero-order valence-electron chi connectivity index (χ0n) is 18.0. The molecule has 29 heavy (non-hydrogen) atoms. The molecule has 1 N–H and O–H groups in total. The Kier molecular flexibility index (Phi) is 5.36. The minimum absolute atomic E-state index is 0.261. The first-order valence-corrected chi connectivity index (χ1v) is 10.7. The molecule has 1 aliphatic rings. The summed E-state index contributed by atoms with van der Waals surface area (Å²) in [5, 5.41) is 2.52. The molecule has 4 rings (SSSR count). The molecule has 0 fully saturated rings. The van der Waals surface area contributed by atoms with Crippen molar-refractivity contribution < 1.29 is 4.74 Å². The first-order chi connectivity index (χ1) is 14.0. The lowest BCUT2D eigenvalue weighted by Gasteiger charge is -2.31. The van der Waals surface area contributed by atoms with Gasteiger partial charge in [-0.3, -0.25) is 0 Å². The molecule has 1 unspecified atom stereocenters. The van der Waals surface area contributed by atoms with E-state index in [-0.39, 0.29) is 5.60 Å². The van der Waals surface area contributed by atoms with Crippen LogP contribution in [0.25, 0.3) is 27.9 Å². The van der Waals surface area contributed by atoms with Crippen molar-refractivity contribution in [1.29, 1.82) is 0 Å². The number of hydrogen-bond donors (Lipinski definition) is 1. The third-order valence-corrected chi connectivity index (χ3v) is 5.85. The Hall–Kier alpha value is -2.74. The third kappa shape index (κ3) is 4.17. The molecule has 2 nitrogen and oxygen atoms in total.